The minimum atomic E-state index is -0.309. The predicted octanol–water partition coefficient (Wildman–Crippen LogP) is 3.09. The van der Waals surface area contributed by atoms with Gasteiger partial charge in [0.2, 0.25) is 11.8 Å². The van der Waals surface area contributed by atoms with Crippen LogP contribution in [-0.4, -0.2) is 18.4 Å². The summed E-state index contributed by atoms with van der Waals surface area (Å²) in [5, 5.41) is 6.35. The van der Waals surface area contributed by atoms with Crippen molar-refractivity contribution in [2.75, 3.05) is 6.54 Å². The number of halogens is 2. The summed E-state index contributed by atoms with van der Waals surface area (Å²) in [6.45, 7) is 0.846. The highest BCUT2D eigenvalue weighted by Gasteiger charge is 2.47. The number of carbonyl (C=O) groups is 2. The molecular weight excluding hydrogens is 355 g/mol. The molecule has 2 atom stereocenters. The van der Waals surface area contributed by atoms with Crippen LogP contribution in [0.3, 0.4) is 0 Å². The Morgan fingerprint density at radius 3 is 2.38 bits per heavy atom. The zero-order valence-corrected chi connectivity index (χ0v) is 14.9. The minimum absolute atomic E-state index is 0.0889. The summed E-state index contributed by atoms with van der Waals surface area (Å²) in [4.78, 5) is 24.2. The zero-order chi connectivity index (χ0) is 18.5. The average Bonchev–Trinajstić information content (AvgIpc) is 3.42. The summed E-state index contributed by atoms with van der Waals surface area (Å²) >= 11 is 5.93. The molecule has 2 aromatic carbocycles. The second kappa shape index (κ2) is 8.32. The smallest absolute Gasteiger partial charge is 0.224 e. The SMILES string of the molecule is O=C(NCCc1cccc(Cl)c1)C1CC1C(=O)NCc1ccc(F)cc1. The third-order valence-corrected chi connectivity index (χ3v) is 4.68. The highest BCUT2D eigenvalue weighted by Crippen LogP contribution is 2.38. The molecule has 0 spiro atoms. The first kappa shape index (κ1) is 18.4. The van der Waals surface area contributed by atoms with Crippen LogP contribution in [0.4, 0.5) is 4.39 Å². The van der Waals surface area contributed by atoms with Crippen molar-refractivity contribution in [3.8, 4) is 0 Å². The van der Waals surface area contributed by atoms with Crippen molar-refractivity contribution in [2.24, 2.45) is 11.8 Å². The van der Waals surface area contributed by atoms with Crippen LogP contribution in [0.1, 0.15) is 17.5 Å². The highest BCUT2D eigenvalue weighted by atomic mass is 35.5. The van der Waals surface area contributed by atoms with Gasteiger partial charge in [-0.05, 0) is 48.2 Å². The van der Waals surface area contributed by atoms with E-state index >= 15 is 0 Å². The number of carbonyl (C=O) groups excluding carboxylic acids is 2. The maximum atomic E-state index is 12.9. The van der Waals surface area contributed by atoms with Crippen molar-refractivity contribution in [1.29, 1.82) is 0 Å². The van der Waals surface area contributed by atoms with Crippen molar-refractivity contribution >= 4 is 23.4 Å². The first-order valence-corrected chi connectivity index (χ1v) is 8.95. The summed E-state index contributed by atoms with van der Waals surface area (Å²) in [5.41, 5.74) is 1.88. The number of nitrogens with one attached hydrogen (secondary N) is 2. The summed E-state index contributed by atoms with van der Waals surface area (Å²) in [5.74, 6) is -1.07. The van der Waals surface area contributed by atoms with Crippen LogP contribution in [0.5, 0.6) is 0 Å². The lowest BCUT2D eigenvalue weighted by molar-refractivity contribution is -0.127. The molecule has 2 N–H and O–H groups in total. The van der Waals surface area contributed by atoms with Gasteiger partial charge in [-0.1, -0.05) is 35.9 Å². The number of hydrogen-bond acceptors (Lipinski definition) is 2. The molecule has 1 aliphatic rings. The lowest BCUT2D eigenvalue weighted by atomic mass is 10.1. The van der Waals surface area contributed by atoms with E-state index in [0.717, 1.165) is 11.1 Å². The predicted molar refractivity (Wildman–Crippen MR) is 98.0 cm³/mol. The van der Waals surface area contributed by atoms with Crippen LogP contribution in [-0.2, 0) is 22.6 Å². The molecule has 0 saturated heterocycles. The van der Waals surface area contributed by atoms with Crippen LogP contribution in [0, 0.1) is 17.7 Å². The molecule has 6 heteroatoms. The number of amides is 2. The molecule has 1 saturated carbocycles. The molecule has 0 aromatic heterocycles. The van der Waals surface area contributed by atoms with E-state index in [-0.39, 0.29) is 29.5 Å². The van der Waals surface area contributed by atoms with Gasteiger partial charge in [0.05, 0.1) is 11.8 Å². The Labute approximate surface area is 156 Å². The molecule has 136 valence electrons. The van der Waals surface area contributed by atoms with E-state index in [1.54, 1.807) is 12.1 Å². The van der Waals surface area contributed by atoms with Gasteiger partial charge in [0, 0.05) is 18.1 Å². The second-order valence-corrected chi connectivity index (χ2v) is 6.90. The molecule has 1 aliphatic carbocycles. The van der Waals surface area contributed by atoms with E-state index < -0.39 is 0 Å². The number of rotatable bonds is 7. The maximum Gasteiger partial charge on any atom is 0.224 e. The van der Waals surface area contributed by atoms with Gasteiger partial charge < -0.3 is 10.6 Å². The van der Waals surface area contributed by atoms with Crippen LogP contribution < -0.4 is 10.6 Å². The summed E-state index contributed by atoms with van der Waals surface area (Å²) in [7, 11) is 0. The van der Waals surface area contributed by atoms with E-state index in [0.29, 0.717) is 31.0 Å². The van der Waals surface area contributed by atoms with Gasteiger partial charge in [-0.3, -0.25) is 9.59 Å². The first-order chi connectivity index (χ1) is 12.5. The molecule has 0 aliphatic heterocycles. The Morgan fingerprint density at radius 2 is 1.69 bits per heavy atom. The van der Waals surface area contributed by atoms with E-state index in [2.05, 4.69) is 10.6 Å². The molecule has 4 nitrogen and oxygen atoms in total. The first-order valence-electron chi connectivity index (χ1n) is 8.57. The van der Waals surface area contributed by atoms with Crippen molar-refractivity contribution in [3.05, 3.63) is 70.5 Å². The van der Waals surface area contributed by atoms with Crippen molar-refractivity contribution in [2.45, 2.75) is 19.4 Å². The molecule has 0 bridgehead atoms. The molecule has 3 rings (SSSR count). The third kappa shape index (κ3) is 5.05. The van der Waals surface area contributed by atoms with E-state index in [4.69, 9.17) is 11.6 Å². The maximum absolute atomic E-state index is 12.9. The fourth-order valence-corrected chi connectivity index (χ4v) is 3.06. The second-order valence-electron chi connectivity index (χ2n) is 6.46. The van der Waals surface area contributed by atoms with Gasteiger partial charge in [0.25, 0.3) is 0 Å². The topological polar surface area (TPSA) is 58.2 Å². The molecule has 0 radical (unpaired) electrons. The quantitative estimate of drug-likeness (QED) is 0.782. The summed E-state index contributed by atoms with van der Waals surface area (Å²) in [6, 6.07) is 13.5. The molecule has 2 amide bonds. The minimum Gasteiger partial charge on any atom is -0.356 e. The van der Waals surface area contributed by atoms with Crippen LogP contribution in [0.15, 0.2) is 48.5 Å². The number of benzene rings is 2. The molecular formula is C20H20ClFN2O2. The normalized spacial score (nSPS) is 18.2. The van der Waals surface area contributed by atoms with Crippen LogP contribution in [0.2, 0.25) is 5.02 Å². The zero-order valence-electron chi connectivity index (χ0n) is 14.2. The Bertz CT molecular complexity index is 795. The number of hydrogen-bond donors (Lipinski definition) is 2. The monoisotopic (exact) mass is 374 g/mol. The summed E-state index contributed by atoms with van der Waals surface area (Å²) < 4.78 is 12.9. The Kier molecular flexibility index (Phi) is 5.89. The Balaban J connectivity index is 1.37. The average molecular weight is 375 g/mol. The fourth-order valence-electron chi connectivity index (χ4n) is 2.85. The summed E-state index contributed by atoms with van der Waals surface area (Å²) in [6.07, 6.45) is 1.26. The van der Waals surface area contributed by atoms with Gasteiger partial charge in [0.15, 0.2) is 0 Å². The molecule has 2 aromatic rings. The fraction of sp³-hybridized carbons (Fsp3) is 0.300. The van der Waals surface area contributed by atoms with Crippen molar-refractivity contribution < 1.29 is 14.0 Å². The lowest BCUT2D eigenvalue weighted by Crippen LogP contribution is -2.31. The van der Waals surface area contributed by atoms with Crippen molar-refractivity contribution in [3.63, 3.8) is 0 Å². The molecule has 26 heavy (non-hydrogen) atoms. The van der Waals surface area contributed by atoms with Crippen LogP contribution in [0.25, 0.3) is 0 Å². The van der Waals surface area contributed by atoms with E-state index in [1.807, 2.05) is 24.3 Å². The Morgan fingerprint density at radius 1 is 1.00 bits per heavy atom. The van der Waals surface area contributed by atoms with Gasteiger partial charge >= 0.3 is 0 Å². The van der Waals surface area contributed by atoms with E-state index in [9.17, 15) is 14.0 Å². The van der Waals surface area contributed by atoms with E-state index in [1.165, 1.54) is 12.1 Å². The Hall–Kier alpha value is -2.40. The highest BCUT2D eigenvalue weighted by molar-refractivity contribution is 6.30. The van der Waals surface area contributed by atoms with Gasteiger partial charge in [-0.15, -0.1) is 0 Å². The standard InChI is InChI=1S/C20H20ClFN2O2/c21-15-3-1-2-13(10-15)8-9-23-19(25)17-11-18(17)20(26)24-12-14-4-6-16(22)7-5-14/h1-7,10,17-18H,8-9,11-12H2,(H,23,25)(H,24,26). The third-order valence-electron chi connectivity index (χ3n) is 4.45. The van der Waals surface area contributed by atoms with Crippen molar-refractivity contribution in [1.82, 2.24) is 10.6 Å². The van der Waals surface area contributed by atoms with Crippen LogP contribution >= 0.6 is 11.6 Å². The van der Waals surface area contributed by atoms with Gasteiger partial charge in [-0.25, -0.2) is 4.39 Å². The molecule has 0 heterocycles. The lowest BCUT2D eigenvalue weighted by Gasteiger charge is -2.07. The molecule has 2 unspecified atom stereocenters. The largest absolute Gasteiger partial charge is 0.356 e. The van der Waals surface area contributed by atoms with Gasteiger partial charge in [0.1, 0.15) is 5.82 Å². The van der Waals surface area contributed by atoms with Gasteiger partial charge in [-0.2, -0.15) is 0 Å². The molecule has 1 fully saturated rings.